The van der Waals surface area contributed by atoms with Gasteiger partial charge in [0.15, 0.2) is 0 Å². The first-order valence-corrected chi connectivity index (χ1v) is 5.23. The normalized spacial score (nSPS) is 10.1. The summed E-state index contributed by atoms with van der Waals surface area (Å²) >= 11 is 0. The third-order valence-corrected chi connectivity index (χ3v) is 2.41. The minimum absolute atomic E-state index is 0.569. The van der Waals surface area contributed by atoms with Gasteiger partial charge in [0.25, 0.3) is 0 Å². The molecule has 17 heavy (non-hydrogen) atoms. The Morgan fingerprint density at radius 2 is 2.47 bits per heavy atom. The molecule has 0 aromatic carbocycles. The van der Waals surface area contributed by atoms with Gasteiger partial charge in [0, 0.05) is 12.4 Å². The van der Waals surface area contributed by atoms with Gasteiger partial charge in [-0.15, -0.1) is 4.98 Å². The third-order valence-electron chi connectivity index (χ3n) is 2.41. The topological polar surface area (TPSA) is 60.6 Å². The van der Waals surface area contributed by atoms with Crippen LogP contribution in [0.25, 0.3) is 11.0 Å². The van der Waals surface area contributed by atoms with Crippen molar-refractivity contribution in [1.82, 2.24) is 19.7 Å². The van der Waals surface area contributed by atoms with E-state index in [1.54, 1.807) is 17.2 Å². The van der Waals surface area contributed by atoms with Gasteiger partial charge in [-0.3, -0.25) is 9.67 Å². The lowest BCUT2D eigenvalue weighted by Crippen LogP contribution is -2.05. The fourth-order valence-electron chi connectivity index (χ4n) is 1.61. The second kappa shape index (κ2) is 4.10. The average Bonchev–Trinajstić information content (AvgIpc) is 2.99. The highest BCUT2D eigenvalue weighted by molar-refractivity contribution is 5.78. The van der Waals surface area contributed by atoms with E-state index in [1.165, 1.54) is 0 Å². The number of rotatable bonds is 1. The summed E-state index contributed by atoms with van der Waals surface area (Å²) in [5.74, 6) is 6.10. The van der Waals surface area contributed by atoms with E-state index in [9.17, 15) is 0 Å². The Morgan fingerprint density at radius 1 is 1.47 bits per heavy atom. The molecule has 82 valence electrons. The van der Waals surface area contributed by atoms with Crippen LogP contribution >= 0.6 is 0 Å². The Labute approximate surface area is 97.5 Å². The molecule has 3 rings (SSSR count). The van der Waals surface area contributed by atoms with E-state index in [-0.39, 0.29) is 0 Å². The quantitative estimate of drug-likeness (QED) is 0.616. The molecule has 3 heterocycles. The molecular weight excluding hydrogens is 214 g/mol. The summed E-state index contributed by atoms with van der Waals surface area (Å²) in [6.07, 6.45) is 7.12. The van der Waals surface area contributed by atoms with Crippen LogP contribution in [0, 0.1) is 11.8 Å². The van der Waals surface area contributed by atoms with E-state index in [4.69, 9.17) is 0 Å². The summed E-state index contributed by atoms with van der Waals surface area (Å²) in [6, 6.07) is 3.83. The molecule has 0 aliphatic heterocycles. The lowest BCUT2D eigenvalue weighted by Gasteiger charge is -1.90. The zero-order chi connectivity index (χ0) is 11.5. The van der Waals surface area contributed by atoms with Crippen LogP contribution in [0.1, 0.15) is 5.69 Å². The van der Waals surface area contributed by atoms with Crippen molar-refractivity contribution in [3.05, 3.63) is 42.7 Å². The highest BCUT2D eigenvalue weighted by Crippen LogP contribution is 2.08. The maximum Gasteiger partial charge on any atom is 0.235 e. The second-order valence-electron chi connectivity index (χ2n) is 3.52. The lowest BCUT2D eigenvalue weighted by molar-refractivity contribution is -0.352. The Morgan fingerprint density at radius 3 is 3.35 bits per heavy atom. The van der Waals surface area contributed by atoms with Crippen LogP contribution in [0.3, 0.4) is 0 Å². The fourth-order valence-corrected chi connectivity index (χ4v) is 1.61. The van der Waals surface area contributed by atoms with Crippen molar-refractivity contribution in [2.24, 2.45) is 0 Å². The molecule has 3 aromatic rings. The molecule has 0 saturated heterocycles. The summed E-state index contributed by atoms with van der Waals surface area (Å²) in [5.41, 5.74) is 1.70. The molecule has 5 nitrogen and oxygen atoms in total. The maximum absolute atomic E-state index is 4.22. The largest absolute Gasteiger partial charge is 0.279 e. The minimum atomic E-state index is 0.569. The number of hydrogen-bond donors (Lipinski definition) is 1. The first kappa shape index (κ1) is 9.60. The zero-order valence-electron chi connectivity index (χ0n) is 9.01. The van der Waals surface area contributed by atoms with Crippen LogP contribution in [-0.4, -0.2) is 19.7 Å². The highest BCUT2D eigenvalue weighted by atomic mass is 15.3. The number of aromatic amines is 2. The average molecular weight is 224 g/mol. The van der Waals surface area contributed by atoms with E-state index in [0.717, 1.165) is 16.7 Å². The van der Waals surface area contributed by atoms with Gasteiger partial charge in [0.1, 0.15) is 11.9 Å². The summed E-state index contributed by atoms with van der Waals surface area (Å²) in [7, 11) is 0. The molecule has 0 bridgehead atoms. The number of hydrogen-bond acceptors (Lipinski definition) is 2. The highest BCUT2D eigenvalue weighted by Gasteiger charge is 2.06. The Balaban J connectivity index is 1.90. The van der Waals surface area contributed by atoms with Crippen molar-refractivity contribution in [2.45, 2.75) is 6.54 Å². The molecule has 0 atom stereocenters. The van der Waals surface area contributed by atoms with E-state index in [2.05, 4.69) is 31.9 Å². The van der Waals surface area contributed by atoms with Crippen LogP contribution < -0.4 is 4.98 Å². The standard InChI is InChI=1S/C12H9N5/c1(7-17-8-2-5-16-17)3-11-10-4-6-13-12(10)15-9-14-11/h2,4-6,8-9H,7H2,(H,13,14,15)/p+1. The van der Waals surface area contributed by atoms with Gasteiger partial charge < -0.3 is 0 Å². The summed E-state index contributed by atoms with van der Waals surface area (Å²) in [4.78, 5) is 10.3. The molecule has 0 spiro atoms. The smallest absolute Gasteiger partial charge is 0.235 e. The first-order chi connectivity index (χ1) is 8.43. The minimum Gasteiger partial charge on any atom is -0.279 e. The maximum atomic E-state index is 4.22. The molecule has 5 heteroatoms. The van der Waals surface area contributed by atoms with Crippen molar-refractivity contribution in [2.75, 3.05) is 0 Å². The first-order valence-electron chi connectivity index (χ1n) is 5.23. The van der Waals surface area contributed by atoms with Gasteiger partial charge in [-0.1, -0.05) is 5.92 Å². The van der Waals surface area contributed by atoms with Gasteiger partial charge in [-0.05, 0) is 18.1 Å². The molecule has 0 fully saturated rings. The molecule has 2 N–H and O–H groups in total. The van der Waals surface area contributed by atoms with Gasteiger partial charge in [-0.2, -0.15) is 5.10 Å². The summed E-state index contributed by atoms with van der Waals surface area (Å²) in [5, 5.41) is 5.08. The monoisotopic (exact) mass is 224 g/mol. The van der Waals surface area contributed by atoms with Gasteiger partial charge in [0.05, 0.1) is 6.20 Å². The summed E-state index contributed by atoms with van der Waals surface area (Å²) < 4.78 is 1.77. The molecule has 0 unspecified atom stereocenters. The van der Waals surface area contributed by atoms with Crippen LogP contribution in [0.15, 0.2) is 37.1 Å². The molecule has 0 aliphatic carbocycles. The van der Waals surface area contributed by atoms with Crippen LogP contribution in [0.5, 0.6) is 0 Å². The second-order valence-corrected chi connectivity index (χ2v) is 3.52. The molecule has 0 radical (unpaired) electrons. The van der Waals surface area contributed by atoms with Crippen molar-refractivity contribution in [1.29, 1.82) is 0 Å². The number of H-pyrrole nitrogens is 2. The number of aromatic nitrogens is 5. The number of nitrogens with zero attached hydrogens (tertiary/aromatic N) is 3. The van der Waals surface area contributed by atoms with Crippen LogP contribution in [0.4, 0.5) is 0 Å². The van der Waals surface area contributed by atoms with Gasteiger partial charge in [0.2, 0.25) is 17.7 Å². The Bertz CT molecular complexity index is 684. The molecular formula is C12H10N5+. The number of nitrogens with one attached hydrogen (secondary N) is 2. The predicted molar refractivity (Wildman–Crippen MR) is 61.8 cm³/mol. The third kappa shape index (κ3) is 1.88. The van der Waals surface area contributed by atoms with Crippen LogP contribution in [-0.2, 0) is 6.54 Å². The van der Waals surface area contributed by atoms with Crippen molar-refractivity contribution in [3.8, 4) is 11.8 Å². The van der Waals surface area contributed by atoms with E-state index >= 15 is 0 Å². The van der Waals surface area contributed by atoms with Crippen LogP contribution in [0.2, 0.25) is 0 Å². The zero-order valence-corrected chi connectivity index (χ0v) is 9.01. The molecule has 0 amide bonds. The van der Waals surface area contributed by atoms with E-state index in [0.29, 0.717) is 6.54 Å². The lowest BCUT2D eigenvalue weighted by atomic mass is 10.3. The van der Waals surface area contributed by atoms with Gasteiger partial charge >= 0.3 is 0 Å². The molecule has 0 aliphatic rings. The molecule has 0 saturated carbocycles. The SMILES string of the molecule is C(#Cc1nc[nH+]c2[nH]ccc12)Cn1cccn1. The van der Waals surface area contributed by atoms with E-state index in [1.807, 2.05) is 24.5 Å². The Kier molecular flexibility index (Phi) is 2.32. The predicted octanol–water partition coefficient (Wildman–Crippen LogP) is 0.625. The fraction of sp³-hybridized carbons (Fsp3) is 0.0833. The Hall–Kier alpha value is -2.61. The molecule has 3 aromatic heterocycles. The van der Waals surface area contributed by atoms with E-state index < -0.39 is 0 Å². The van der Waals surface area contributed by atoms with Crippen molar-refractivity contribution < 1.29 is 4.98 Å². The summed E-state index contributed by atoms with van der Waals surface area (Å²) in [6.45, 7) is 0.569. The van der Waals surface area contributed by atoms with Crippen molar-refractivity contribution >= 4 is 11.0 Å². The van der Waals surface area contributed by atoms with Gasteiger partial charge in [-0.25, -0.2) is 4.98 Å². The number of fused-ring (bicyclic) bond motifs is 1. The van der Waals surface area contributed by atoms with Crippen molar-refractivity contribution in [3.63, 3.8) is 0 Å².